The first-order valence-electron chi connectivity index (χ1n) is 17.5. The Hall–Kier alpha value is -0.0400. The van der Waals surface area contributed by atoms with E-state index in [1.54, 1.807) is 0 Å². The highest BCUT2D eigenvalue weighted by molar-refractivity contribution is 4.88. The predicted molar refractivity (Wildman–Crippen MR) is 165 cm³/mol. The van der Waals surface area contributed by atoms with Gasteiger partial charge in [0, 0.05) is 6.61 Å². The molecule has 1 nitrogen and oxygen atoms in total. The monoisotopic (exact) mass is 519 g/mol. The molecular weight excluding hydrogens is 448 g/mol. The van der Waals surface area contributed by atoms with Gasteiger partial charge in [0.25, 0.3) is 0 Å². The van der Waals surface area contributed by atoms with E-state index in [-0.39, 0.29) is 0 Å². The summed E-state index contributed by atoms with van der Waals surface area (Å²) in [7, 11) is 0. The van der Waals surface area contributed by atoms with Gasteiger partial charge in [0.05, 0.1) is 6.10 Å². The molecule has 0 N–H and O–H groups in total. The van der Waals surface area contributed by atoms with Crippen LogP contribution in [0.5, 0.6) is 0 Å². The number of hydrogen-bond donors (Lipinski definition) is 0. The van der Waals surface area contributed by atoms with Crippen LogP contribution in [-0.4, -0.2) is 12.7 Å². The van der Waals surface area contributed by atoms with Crippen molar-refractivity contribution in [3.05, 3.63) is 0 Å². The molecule has 2 rings (SSSR count). The van der Waals surface area contributed by atoms with Crippen LogP contribution in [0, 0.1) is 47.3 Å². The van der Waals surface area contributed by atoms with Gasteiger partial charge >= 0.3 is 0 Å². The van der Waals surface area contributed by atoms with Crippen LogP contribution in [0.2, 0.25) is 0 Å². The molecule has 2 aliphatic rings. The van der Waals surface area contributed by atoms with Crippen LogP contribution < -0.4 is 0 Å². The summed E-state index contributed by atoms with van der Waals surface area (Å²) in [6, 6.07) is 0. The molecule has 8 atom stereocenters. The molecule has 0 bridgehead atoms. The highest BCUT2D eigenvalue weighted by Crippen LogP contribution is 2.46. The van der Waals surface area contributed by atoms with Crippen molar-refractivity contribution < 1.29 is 4.74 Å². The average molecular weight is 519 g/mol. The molecule has 0 aliphatic heterocycles. The summed E-state index contributed by atoms with van der Waals surface area (Å²) in [5.74, 6) is 7.36. The van der Waals surface area contributed by atoms with Crippen LogP contribution in [0.4, 0.5) is 0 Å². The number of rotatable bonds is 20. The maximum atomic E-state index is 6.70. The molecule has 0 aromatic rings. The highest BCUT2D eigenvalue weighted by atomic mass is 16.5. The Bertz CT molecular complexity index is 541. The maximum Gasteiger partial charge on any atom is 0.0580 e. The Labute approximate surface area is 235 Å². The minimum Gasteiger partial charge on any atom is -0.378 e. The number of ether oxygens (including phenoxy) is 1. The summed E-state index contributed by atoms with van der Waals surface area (Å²) in [4.78, 5) is 0. The molecule has 2 saturated carbocycles. The van der Waals surface area contributed by atoms with Crippen LogP contribution in [0.1, 0.15) is 170 Å². The van der Waals surface area contributed by atoms with Crippen molar-refractivity contribution in [1.82, 2.24) is 0 Å². The van der Waals surface area contributed by atoms with E-state index in [1.807, 2.05) is 0 Å². The van der Waals surface area contributed by atoms with Crippen molar-refractivity contribution in [3.63, 3.8) is 0 Å². The first-order valence-corrected chi connectivity index (χ1v) is 17.5. The molecule has 1 heteroatoms. The summed E-state index contributed by atoms with van der Waals surface area (Å²) < 4.78 is 6.70. The number of unbranched alkanes of at least 4 members (excludes halogenated alkanes) is 2. The molecule has 0 aromatic heterocycles. The standard InChI is InChI=1S/C36H70O/c1-8-12-16-29(7)27-37-36-25-32(20-19-30(10-3)15-9-2)24-35(26-36)34-22-21-31(23-34)17-13-14-18-33(11-4)28(5)6/h28-36H,8-27H2,1-7H3. The summed E-state index contributed by atoms with van der Waals surface area (Å²) in [6.07, 6.45) is 27.7. The largest absolute Gasteiger partial charge is 0.378 e. The fourth-order valence-corrected chi connectivity index (χ4v) is 8.20. The Morgan fingerprint density at radius 3 is 2.11 bits per heavy atom. The van der Waals surface area contributed by atoms with Gasteiger partial charge in [-0.1, -0.05) is 132 Å². The molecule has 0 amide bonds. The minimum atomic E-state index is 0.542. The number of hydrogen-bond acceptors (Lipinski definition) is 1. The van der Waals surface area contributed by atoms with Gasteiger partial charge < -0.3 is 4.74 Å². The van der Waals surface area contributed by atoms with Gasteiger partial charge in [-0.15, -0.1) is 0 Å². The van der Waals surface area contributed by atoms with Crippen LogP contribution in [0.15, 0.2) is 0 Å². The van der Waals surface area contributed by atoms with Crippen molar-refractivity contribution >= 4 is 0 Å². The quantitative estimate of drug-likeness (QED) is 0.146. The lowest BCUT2D eigenvalue weighted by Gasteiger charge is -2.39. The second-order valence-electron chi connectivity index (χ2n) is 14.3. The van der Waals surface area contributed by atoms with E-state index in [0.29, 0.717) is 6.10 Å². The molecule has 220 valence electrons. The van der Waals surface area contributed by atoms with Gasteiger partial charge in [0.15, 0.2) is 0 Å². The molecule has 2 aliphatic carbocycles. The minimum absolute atomic E-state index is 0.542. The lowest BCUT2D eigenvalue weighted by Crippen LogP contribution is -2.33. The Morgan fingerprint density at radius 1 is 0.649 bits per heavy atom. The summed E-state index contributed by atoms with van der Waals surface area (Å²) in [5, 5.41) is 0. The molecule has 0 heterocycles. The normalized spacial score (nSPS) is 29.0. The van der Waals surface area contributed by atoms with Crippen molar-refractivity contribution in [2.24, 2.45) is 47.3 Å². The lowest BCUT2D eigenvalue weighted by atomic mass is 9.71. The first kappa shape index (κ1) is 33.2. The Kier molecular flexibility index (Phi) is 17.1. The van der Waals surface area contributed by atoms with Crippen LogP contribution >= 0.6 is 0 Å². The van der Waals surface area contributed by atoms with Crippen LogP contribution in [0.25, 0.3) is 0 Å². The third kappa shape index (κ3) is 12.8. The third-order valence-corrected chi connectivity index (χ3v) is 10.9. The van der Waals surface area contributed by atoms with Crippen LogP contribution in [-0.2, 0) is 4.74 Å². The smallest absolute Gasteiger partial charge is 0.0580 e. The third-order valence-electron chi connectivity index (χ3n) is 10.9. The molecule has 0 spiro atoms. The van der Waals surface area contributed by atoms with Crippen LogP contribution in [0.3, 0.4) is 0 Å². The second-order valence-corrected chi connectivity index (χ2v) is 14.3. The van der Waals surface area contributed by atoms with Crippen molar-refractivity contribution in [2.45, 2.75) is 177 Å². The summed E-state index contributed by atoms with van der Waals surface area (Å²) in [5.41, 5.74) is 0. The Morgan fingerprint density at radius 2 is 1.43 bits per heavy atom. The molecule has 2 fully saturated rings. The zero-order valence-electron chi connectivity index (χ0n) is 26.7. The second kappa shape index (κ2) is 19.1. The van der Waals surface area contributed by atoms with Crippen molar-refractivity contribution in [2.75, 3.05) is 6.61 Å². The van der Waals surface area contributed by atoms with E-state index in [0.717, 1.165) is 54.0 Å². The van der Waals surface area contributed by atoms with E-state index in [2.05, 4.69) is 48.5 Å². The lowest BCUT2D eigenvalue weighted by molar-refractivity contribution is -0.0304. The summed E-state index contributed by atoms with van der Waals surface area (Å²) in [6.45, 7) is 17.7. The van der Waals surface area contributed by atoms with E-state index in [4.69, 9.17) is 4.74 Å². The van der Waals surface area contributed by atoms with E-state index in [9.17, 15) is 0 Å². The van der Waals surface area contributed by atoms with Gasteiger partial charge in [-0.3, -0.25) is 0 Å². The van der Waals surface area contributed by atoms with Crippen molar-refractivity contribution in [3.8, 4) is 0 Å². The van der Waals surface area contributed by atoms with Gasteiger partial charge in [-0.05, 0) is 85.9 Å². The molecule has 0 radical (unpaired) electrons. The van der Waals surface area contributed by atoms with Gasteiger partial charge in [0.1, 0.15) is 0 Å². The zero-order valence-corrected chi connectivity index (χ0v) is 26.7. The fourth-order valence-electron chi connectivity index (χ4n) is 8.20. The highest BCUT2D eigenvalue weighted by Gasteiger charge is 2.37. The molecular formula is C36H70O. The van der Waals surface area contributed by atoms with Crippen molar-refractivity contribution in [1.29, 1.82) is 0 Å². The SMILES string of the molecule is CCCCC(C)COC1CC(CCC(CC)CCC)CC(C2CCC(CCCCC(CC)C(C)C)C2)C1. The topological polar surface area (TPSA) is 9.23 Å². The van der Waals surface area contributed by atoms with E-state index >= 15 is 0 Å². The first-order chi connectivity index (χ1) is 17.9. The molecule has 0 aromatic carbocycles. The predicted octanol–water partition coefficient (Wildman–Crippen LogP) is 11.9. The van der Waals surface area contributed by atoms with Gasteiger partial charge in [-0.25, -0.2) is 0 Å². The maximum absolute atomic E-state index is 6.70. The van der Waals surface area contributed by atoms with E-state index < -0.39 is 0 Å². The van der Waals surface area contributed by atoms with Gasteiger partial charge in [0.2, 0.25) is 0 Å². The van der Waals surface area contributed by atoms with Gasteiger partial charge in [-0.2, -0.15) is 0 Å². The Balaban J connectivity index is 1.85. The van der Waals surface area contributed by atoms with E-state index in [1.165, 1.54) is 122 Å². The average Bonchev–Trinajstić information content (AvgIpc) is 3.37. The fraction of sp³-hybridized carbons (Fsp3) is 1.00. The molecule has 8 unspecified atom stereocenters. The zero-order chi connectivity index (χ0) is 27.0. The molecule has 37 heavy (non-hydrogen) atoms. The summed E-state index contributed by atoms with van der Waals surface area (Å²) >= 11 is 0. The molecule has 0 saturated heterocycles.